The van der Waals surface area contributed by atoms with Crippen LogP contribution in [0.5, 0.6) is 0 Å². The van der Waals surface area contributed by atoms with Crippen LogP contribution in [-0.4, -0.2) is 29.1 Å². The molecule has 1 aromatic carbocycles. The third-order valence-electron chi connectivity index (χ3n) is 3.70. The highest BCUT2D eigenvalue weighted by atomic mass is 16.3. The number of hydrogen-bond donors (Lipinski definition) is 3. The smallest absolute Gasteiger partial charge is 0.224 e. The van der Waals surface area contributed by atoms with Crippen molar-refractivity contribution < 1.29 is 14.7 Å². The number of aliphatic hydroxyl groups excluding tert-OH is 1. The van der Waals surface area contributed by atoms with E-state index in [0.717, 1.165) is 5.56 Å². The van der Waals surface area contributed by atoms with Gasteiger partial charge in [-0.05, 0) is 30.5 Å². The van der Waals surface area contributed by atoms with Gasteiger partial charge in [-0.15, -0.1) is 0 Å². The zero-order valence-electron chi connectivity index (χ0n) is 12.9. The van der Waals surface area contributed by atoms with Gasteiger partial charge in [0, 0.05) is 12.6 Å². The Morgan fingerprint density at radius 2 is 1.71 bits per heavy atom. The number of hydrogen-bond acceptors (Lipinski definition) is 3. The van der Waals surface area contributed by atoms with Crippen molar-refractivity contribution in [3.8, 4) is 0 Å². The first-order chi connectivity index (χ1) is 9.94. The van der Waals surface area contributed by atoms with Crippen molar-refractivity contribution >= 4 is 17.5 Å². The number of amides is 2. The molecule has 116 valence electrons. The number of carbonyl (C=O) groups excluding carboxylic acids is 2. The quantitative estimate of drug-likeness (QED) is 0.717. The molecule has 5 nitrogen and oxygen atoms in total. The lowest BCUT2D eigenvalue weighted by Gasteiger charge is -2.30. The normalized spacial score (nSPS) is 11.0. The molecule has 0 aliphatic rings. The molecule has 1 aromatic rings. The summed E-state index contributed by atoms with van der Waals surface area (Å²) in [5.74, 6) is -0.237. The van der Waals surface area contributed by atoms with Crippen molar-refractivity contribution in [2.75, 3.05) is 11.9 Å². The maximum atomic E-state index is 12.1. The molecule has 0 radical (unpaired) electrons. The molecule has 2 amide bonds. The molecular formula is C16H24N2O3. The lowest BCUT2D eigenvalue weighted by molar-refractivity contribution is -0.123. The van der Waals surface area contributed by atoms with Crippen molar-refractivity contribution in [2.24, 2.45) is 0 Å². The highest BCUT2D eigenvalue weighted by Crippen LogP contribution is 2.15. The van der Waals surface area contributed by atoms with Crippen LogP contribution < -0.4 is 10.6 Å². The number of carbonyl (C=O) groups is 2. The van der Waals surface area contributed by atoms with E-state index in [0.29, 0.717) is 18.5 Å². The second-order valence-electron chi connectivity index (χ2n) is 5.25. The predicted octanol–water partition coefficient (Wildman–Crippen LogP) is 1.85. The van der Waals surface area contributed by atoms with E-state index in [4.69, 9.17) is 0 Å². The van der Waals surface area contributed by atoms with Gasteiger partial charge in [-0.2, -0.15) is 0 Å². The van der Waals surface area contributed by atoms with Crippen LogP contribution in [0, 0.1) is 0 Å². The summed E-state index contributed by atoms with van der Waals surface area (Å²) in [7, 11) is 0. The Hall–Kier alpha value is -1.88. The summed E-state index contributed by atoms with van der Waals surface area (Å²) in [5, 5.41) is 15.1. The molecule has 21 heavy (non-hydrogen) atoms. The van der Waals surface area contributed by atoms with E-state index < -0.39 is 5.54 Å². The van der Waals surface area contributed by atoms with Crippen LogP contribution in [0.25, 0.3) is 0 Å². The van der Waals surface area contributed by atoms with Gasteiger partial charge in [-0.3, -0.25) is 9.59 Å². The molecule has 0 saturated heterocycles. The van der Waals surface area contributed by atoms with Crippen LogP contribution in [-0.2, 0) is 16.0 Å². The summed E-state index contributed by atoms with van der Waals surface area (Å²) in [6, 6.07) is 7.15. The predicted molar refractivity (Wildman–Crippen MR) is 83.0 cm³/mol. The Kier molecular flexibility index (Phi) is 6.37. The molecule has 0 atom stereocenters. The maximum absolute atomic E-state index is 12.1. The zero-order valence-corrected chi connectivity index (χ0v) is 12.9. The largest absolute Gasteiger partial charge is 0.394 e. The first-order valence-electron chi connectivity index (χ1n) is 7.23. The maximum Gasteiger partial charge on any atom is 0.224 e. The van der Waals surface area contributed by atoms with Crippen LogP contribution in [0.2, 0.25) is 0 Å². The number of anilines is 1. The lowest BCUT2D eigenvalue weighted by Crippen LogP contribution is -2.51. The topological polar surface area (TPSA) is 78.4 Å². The number of benzene rings is 1. The van der Waals surface area contributed by atoms with Crippen molar-refractivity contribution in [3.05, 3.63) is 29.8 Å². The summed E-state index contributed by atoms with van der Waals surface area (Å²) >= 11 is 0. The van der Waals surface area contributed by atoms with Crippen LogP contribution in [0.1, 0.15) is 39.2 Å². The third kappa shape index (κ3) is 5.19. The molecule has 0 aromatic heterocycles. The van der Waals surface area contributed by atoms with Crippen molar-refractivity contribution in [1.82, 2.24) is 5.32 Å². The molecule has 0 aliphatic carbocycles. The van der Waals surface area contributed by atoms with Gasteiger partial charge < -0.3 is 15.7 Å². The first-order valence-corrected chi connectivity index (χ1v) is 7.23. The lowest BCUT2D eigenvalue weighted by atomic mass is 9.93. The van der Waals surface area contributed by atoms with Gasteiger partial charge in [0.1, 0.15) is 0 Å². The molecule has 0 bridgehead atoms. The first kappa shape index (κ1) is 17.2. The third-order valence-corrected chi connectivity index (χ3v) is 3.70. The molecule has 0 unspecified atom stereocenters. The fraction of sp³-hybridized carbons (Fsp3) is 0.500. The van der Waals surface area contributed by atoms with Crippen LogP contribution >= 0.6 is 0 Å². The molecule has 0 spiro atoms. The van der Waals surface area contributed by atoms with Gasteiger partial charge in [-0.25, -0.2) is 0 Å². The SMILES string of the molecule is CCC(CC)(CO)NC(=O)Cc1ccc(NC(C)=O)cc1. The summed E-state index contributed by atoms with van der Waals surface area (Å²) in [6.45, 7) is 5.28. The van der Waals surface area contributed by atoms with E-state index >= 15 is 0 Å². The fourth-order valence-electron chi connectivity index (χ4n) is 2.12. The van der Waals surface area contributed by atoms with E-state index in [2.05, 4.69) is 10.6 Å². The van der Waals surface area contributed by atoms with E-state index in [1.807, 2.05) is 26.0 Å². The van der Waals surface area contributed by atoms with Crippen LogP contribution in [0.15, 0.2) is 24.3 Å². The second-order valence-corrected chi connectivity index (χ2v) is 5.25. The van der Waals surface area contributed by atoms with Crippen molar-refractivity contribution in [2.45, 2.75) is 45.6 Å². The van der Waals surface area contributed by atoms with Crippen molar-refractivity contribution in [3.63, 3.8) is 0 Å². The van der Waals surface area contributed by atoms with Crippen molar-refractivity contribution in [1.29, 1.82) is 0 Å². The van der Waals surface area contributed by atoms with Gasteiger partial charge in [0.2, 0.25) is 11.8 Å². The Morgan fingerprint density at radius 1 is 1.14 bits per heavy atom. The molecule has 1 rings (SSSR count). The van der Waals surface area contributed by atoms with Crippen LogP contribution in [0.3, 0.4) is 0 Å². The van der Waals surface area contributed by atoms with Crippen LogP contribution in [0.4, 0.5) is 5.69 Å². The fourth-order valence-corrected chi connectivity index (χ4v) is 2.12. The molecule has 0 fully saturated rings. The number of aliphatic hydroxyl groups is 1. The summed E-state index contributed by atoms with van der Waals surface area (Å²) in [5.41, 5.74) is 1.03. The summed E-state index contributed by atoms with van der Waals surface area (Å²) in [4.78, 5) is 23.0. The average Bonchev–Trinajstić information content (AvgIpc) is 2.46. The van der Waals surface area contributed by atoms with E-state index in [1.54, 1.807) is 12.1 Å². The molecule has 0 aliphatic heterocycles. The van der Waals surface area contributed by atoms with E-state index in [-0.39, 0.29) is 24.8 Å². The number of rotatable bonds is 7. The number of nitrogens with one attached hydrogen (secondary N) is 2. The van der Waals surface area contributed by atoms with Gasteiger partial charge in [0.15, 0.2) is 0 Å². The Balaban J connectivity index is 2.64. The standard InChI is InChI=1S/C16H24N2O3/c1-4-16(5-2,11-19)18-15(21)10-13-6-8-14(9-7-13)17-12(3)20/h6-9,19H,4-5,10-11H2,1-3H3,(H,17,20)(H,18,21). The summed E-state index contributed by atoms with van der Waals surface area (Å²) < 4.78 is 0. The van der Waals surface area contributed by atoms with E-state index in [1.165, 1.54) is 6.92 Å². The minimum absolute atomic E-state index is 0.0623. The second kappa shape index (κ2) is 7.78. The highest BCUT2D eigenvalue weighted by Gasteiger charge is 2.26. The van der Waals surface area contributed by atoms with Gasteiger partial charge >= 0.3 is 0 Å². The Morgan fingerprint density at radius 3 is 2.14 bits per heavy atom. The van der Waals surface area contributed by atoms with E-state index in [9.17, 15) is 14.7 Å². The molecule has 0 saturated carbocycles. The Labute approximate surface area is 125 Å². The van der Waals surface area contributed by atoms with Gasteiger partial charge in [0.25, 0.3) is 0 Å². The minimum atomic E-state index is -0.535. The molecule has 3 N–H and O–H groups in total. The molecular weight excluding hydrogens is 268 g/mol. The molecule has 5 heteroatoms. The monoisotopic (exact) mass is 292 g/mol. The van der Waals surface area contributed by atoms with Gasteiger partial charge in [-0.1, -0.05) is 26.0 Å². The Bertz CT molecular complexity index is 471. The minimum Gasteiger partial charge on any atom is -0.394 e. The highest BCUT2D eigenvalue weighted by molar-refractivity contribution is 5.88. The zero-order chi connectivity index (χ0) is 15.9. The summed E-state index contributed by atoms with van der Waals surface area (Å²) in [6.07, 6.45) is 1.63. The average molecular weight is 292 g/mol. The molecule has 0 heterocycles. The van der Waals surface area contributed by atoms with Gasteiger partial charge in [0.05, 0.1) is 18.6 Å².